The highest BCUT2D eigenvalue weighted by molar-refractivity contribution is 5.95. The topological polar surface area (TPSA) is 55.8 Å². The van der Waals surface area contributed by atoms with E-state index in [9.17, 15) is 4.79 Å². The lowest BCUT2D eigenvalue weighted by Gasteiger charge is -2.26. The van der Waals surface area contributed by atoms with Crippen molar-refractivity contribution in [3.63, 3.8) is 0 Å². The van der Waals surface area contributed by atoms with Crippen molar-refractivity contribution in [1.29, 1.82) is 0 Å². The van der Waals surface area contributed by atoms with Gasteiger partial charge in [0.2, 0.25) is 0 Å². The van der Waals surface area contributed by atoms with Crippen molar-refractivity contribution >= 4 is 5.97 Å². The number of ether oxygens (including phenoxy) is 1. The molecule has 2 N–H and O–H groups in total. The van der Waals surface area contributed by atoms with Gasteiger partial charge in [-0.05, 0) is 30.3 Å². The third-order valence-corrected chi connectivity index (χ3v) is 4.35. The number of hydrogen-bond acceptors (Lipinski definition) is 3. The lowest BCUT2D eigenvalue weighted by molar-refractivity contribution is -0.775. The molecule has 118 valence electrons. The second-order valence-corrected chi connectivity index (χ2v) is 5.81. The molecule has 1 aliphatic rings. The average molecular weight is 317 g/mol. The smallest absolute Gasteiger partial charge is 0.344 e. The zero-order valence-electron chi connectivity index (χ0n) is 13.1. The van der Waals surface area contributed by atoms with Gasteiger partial charge in [0.25, 0.3) is 5.72 Å². The highest BCUT2D eigenvalue weighted by Crippen LogP contribution is 2.36. The van der Waals surface area contributed by atoms with Gasteiger partial charge >= 0.3 is 5.97 Å². The maximum atomic E-state index is 12.4. The van der Waals surface area contributed by atoms with Crippen LogP contribution in [0.1, 0.15) is 27.0 Å². The number of carbonyl (C=O) groups excluding carboxylic acids is 1. The molecule has 2 aromatic carbocycles. The van der Waals surface area contributed by atoms with E-state index in [4.69, 9.17) is 4.74 Å². The maximum absolute atomic E-state index is 12.4. The number of fused-ring (bicyclic) bond motifs is 1. The first kappa shape index (κ1) is 14.6. The van der Waals surface area contributed by atoms with Crippen LogP contribution < -0.4 is 5.32 Å². The van der Waals surface area contributed by atoms with Crippen LogP contribution in [-0.4, -0.2) is 11.0 Å². The van der Waals surface area contributed by atoms with E-state index in [1.54, 1.807) is 6.20 Å². The molecule has 0 spiro atoms. The summed E-state index contributed by atoms with van der Waals surface area (Å²) in [5.41, 5.74) is 2.69. The number of esters is 1. The minimum atomic E-state index is -0.856. The maximum Gasteiger partial charge on any atom is 0.344 e. The summed E-state index contributed by atoms with van der Waals surface area (Å²) < 4.78 is 5.91. The molecule has 0 aliphatic carbocycles. The predicted octanol–water partition coefficient (Wildman–Crippen LogP) is 2.22. The molecule has 0 fully saturated rings. The van der Waals surface area contributed by atoms with Gasteiger partial charge in [-0.2, -0.15) is 0 Å². The Morgan fingerprint density at radius 2 is 1.75 bits per heavy atom. The Hall–Kier alpha value is -2.98. The summed E-state index contributed by atoms with van der Waals surface area (Å²) in [6, 6.07) is 21.4. The molecule has 1 aliphatic heterocycles. The van der Waals surface area contributed by atoms with Gasteiger partial charge in [-0.3, -0.25) is 10.3 Å². The van der Waals surface area contributed by atoms with Crippen LogP contribution in [0.25, 0.3) is 0 Å². The van der Waals surface area contributed by atoms with E-state index in [1.165, 1.54) is 0 Å². The molecule has 0 saturated carbocycles. The van der Waals surface area contributed by atoms with Crippen molar-refractivity contribution in [3.05, 3.63) is 101 Å². The Balaban J connectivity index is 1.79. The molecule has 0 bridgehead atoms. The highest BCUT2D eigenvalue weighted by Gasteiger charge is 2.50. The summed E-state index contributed by atoms with van der Waals surface area (Å²) in [7, 11) is 0. The number of cyclic esters (lactones) is 1. The molecular formula is C20H17N2O2+. The molecule has 4 rings (SSSR count). The van der Waals surface area contributed by atoms with Crippen LogP contribution >= 0.6 is 0 Å². The van der Waals surface area contributed by atoms with E-state index in [0.29, 0.717) is 12.1 Å². The number of nitrogens with zero attached hydrogens (tertiary/aromatic N) is 1. The van der Waals surface area contributed by atoms with E-state index < -0.39 is 5.72 Å². The van der Waals surface area contributed by atoms with E-state index >= 15 is 0 Å². The SMILES string of the molecule is O=C1OC([NH2+]Cc2cccnc2)(c2ccccc2)c2ccccc21. The first-order valence-corrected chi connectivity index (χ1v) is 7.91. The zero-order valence-corrected chi connectivity index (χ0v) is 13.1. The predicted molar refractivity (Wildman–Crippen MR) is 88.9 cm³/mol. The number of carbonyl (C=O) groups is 1. The third-order valence-electron chi connectivity index (χ3n) is 4.35. The average Bonchev–Trinajstić information content (AvgIpc) is 2.95. The lowest BCUT2D eigenvalue weighted by atomic mass is 9.92. The van der Waals surface area contributed by atoms with Gasteiger partial charge in [0, 0.05) is 18.0 Å². The Bertz CT molecular complexity index is 865. The van der Waals surface area contributed by atoms with E-state index in [1.807, 2.05) is 72.9 Å². The van der Waals surface area contributed by atoms with E-state index in [0.717, 1.165) is 16.7 Å². The molecule has 0 amide bonds. The first-order chi connectivity index (χ1) is 11.8. The van der Waals surface area contributed by atoms with Crippen molar-refractivity contribution in [2.45, 2.75) is 12.3 Å². The van der Waals surface area contributed by atoms with Crippen molar-refractivity contribution in [1.82, 2.24) is 4.98 Å². The fraction of sp³-hybridized carbons (Fsp3) is 0.100. The number of nitrogens with two attached hydrogens (primary N) is 1. The molecule has 2 heterocycles. The van der Waals surface area contributed by atoms with Crippen LogP contribution in [0, 0.1) is 0 Å². The van der Waals surface area contributed by atoms with Crippen LogP contribution in [0.4, 0.5) is 0 Å². The summed E-state index contributed by atoms with van der Waals surface area (Å²) in [5.74, 6) is -0.281. The molecule has 1 atom stereocenters. The van der Waals surface area contributed by atoms with E-state index in [2.05, 4.69) is 10.3 Å². The molecule has 0 radical (unpaired) electrons. The summed E-state index contributed by atoms with van der Waals surface area (Å²) in [6.07, 6.45) is 3.58. The fourth-order valence-corrected chi connectivity index (χ4v) is 3.19. The third kappa shape index (κ3) is 2.37. The lowest BCUT2D eigenvalue weighted by Crippen LogP contribution is -2.94. The Kier molecular flexibility index (Phi) is 3.59. The van der Waals surface area contributed by atoms with Crippen LogP contribution in [0.5, 0.6) is 0 Å². The second-order valence-electron chi connectivity index (χ2n) is 5.81. The van der Waals surface area contributed by atoms with Crippen molar-refractivity contribution in [3.8, 4) is 0 Å². The summed E-state index contributed by atoms with van der Waals surface area (Å²) >= 11 is 0. The monoisotopic (exact) mass is 317 g/mol. The quantitative estimate of drug-likeness (QED) is 0.751. The van der Waals surface area contributed by atoms with Gasteiger partial charge in [-0.1, -0.05) is 36.4 Å². The van der Waals surface area contributed by atoms with E-state index in [-0.39, 0.29) is 5.97 Å². The van der Waals surface area contributed by atoms with Gasteiger partial charge in [-0.15, -0.1) is 0 Å². The summed E-state index contributed by atoms with van der Waals surface area (Å²) in [5, 5.41) is 2.06. The van der Waals surface area contributed by atoms with Crippen molar-refractivity contribution < 1.29 is 14.8 Å². The molecule has 1 unspecified atom stereocenters. The molecule has 0 saturated heterocycles. The van der Waals surface area contributed by atoms with Gasteiger partial charge in [-0.25, -0.2) is 4.79 Å². The Morgan fingerprint density at radius 1 is 0.958 bits per heavy atom. The normalized spacial score (nSPS) is 18.9. The van der Waals surface area contributed by atoms with Gasteiger partial charge in [0.15, 0.2) is 0 Å². The van der Waals surface area contributed by atoms with Gasteiger partial charge < -0.3 is 4.74 Å². The standard InChI is InChI=1S/C20H16N2O2/c23-19-17-10-4-5-11-18(17)20(24-19,16-8-2-1-3-9-16)22-14-15-7-6-12-21-13-15/h1-13,22H,14H2/p+1. The first-order valence-electron chi connectivity index (χ1n) is 7.91. The Morgan fingerprint density at radius 3 is 2.54 bits per heavy atom. The fourth-order valence-electron chi connectivity index (χ4n) is 3.19. The van der Waals surface area contributed by atoms with Crippen LogP contribution in [-0.2, 0) is 17.0 Å². The molecule has 4 nitrogen and oxygen atoms in total. The summed E-state index contributed by atoms with van der Waals surface area (Å²) in [6.45, 7) is 0.657. The number of aromatic nitrogens is 1. The number of benzene rings is 2. The molecule has 1 aromatic heterocycles. The minimum Gasteiger partial charge on any atom is -0.397 e. The Labute approximate surface area is 140 Å². The highest BCUT2D eigenvalue weighted by atomic mass is 16.6. The number of rotatable bonds is 4. The van der Waals surface area contributed by atoms with Crippen LogP contribution in [0.3, 0.4) is 0 Å². The number of hydrogen-bond donors (Lipinski definition) is 1. The number of quaternary nitrogens is 1. The zero-order chi connectivity index (χ0) is 16.4. The van der Waals surface area contributed by atoms with Crippen molar-refractivity contribution in [2.24, 2.45) is 0 Å². The second kappa shape index (κ2) is 5.91. The molecule has 24 heavy (non-hydrogen) atoms. The summed E-state index contributed by atoms with van der Waals surface area (Å²) in [4.78, 5) is 16.6. The van der Waals surface area contributed by atoms with Crippen LogP contribution in [0.15, 0.2) is 79.1 Å². The van der Waals surface area contributed by atoms with Gasteiger partial charge in [0.1, 0.15) is 6.54 Å². The van der Waals surface area contributed by atoms with Crippen LogP contribution in [0.2, 0.25) is 0 Å². The minimum absolute atomic E-state index is 0.281. The van der Waals surface area contributed by atoms with Gasteiger partial charge in [0.05, 0.1) is 16.7 Å². The number of pyridine rings is 1. The molecule has 4 heteroatoms. The molecular weight excluding hydrogens is 300 g/mol. The largest absolute Gasteiger partial charge is 0.397 e. The van der Waals surface area contributed by atoms with Crippen molar-refractivity contribution in [2.75, 3.05) is 0 Å². The molecule has 3 aromatic rings.